The highest BCUT2D eigenvalue weighted by Gasteiger charge is 2.25. The molecule has 0 atom stereocenters. The van der Waals surface area contributed by atoms with Crippen molar-refractivity contribution in [1.82, 2.24) is 15.5 Å². The Balaban J connectivity index is 1.50. The molecular formula is C14H17N3O. The van der Waals surface area contributed by atoms with Gasteiger partial charge in [-0.2, -0.15) is 4.98 Å². The summed E-state index contributed by atoms with van der Waals surface area (Å²) >= 11 is 0. The van der Waals surface area contributed by atoms with Crippen LogP contribution in [0.3, 0.4) is 0 Å². The minimum atomic E-state index is 0.693. The van der Waals surface area contributed by atoms with Crippen LogP contribution in [0.4, 0.5) is 0 Å². The summed E-state index contributed by atoms with van der Waals surface area (Å²) < 4.78 is 4.96. The first-order valence-electron chi connectivity index (χ1n) is 6.47. The third-order valence-electron chi connectivity index (χ3n) is 3.31. The van der Waals surface area contributed by atoms with Gasteiger partial charge in [0.25, 0.3) is 0 Å². The van der Waals surface area contributed by atoms with E-state index in [9.17, 15) is 0 Å². The largest absolute Gasteiger partial charge is 0.340 e. The number of nitrogens with zero attached hydrogens (tertiary/aromatic N) is 2. The van der Waals surface area contributed by atoms with E-state index in [4.69, 9.17) is 4.52 Å². The molecule has 0 amide bonds. The first-order valence-corrected chi connectivity index (χ1v) is 6.47. The second-order valence-corrected chi connectivity index (χ2v) is 4.73. The van der Waals surface area contributed by atoms with Crippen LogP contribution in [0, 0.1) is 0 Å². The molecule has 0 saturated heterocycles. The van der Waals surface area contributed by atoms with Gasteiger partial charge in [0.2, 0.25) is 5.89 Å². The molecule has 1 aliphatic carbocycles. The summed E-state index contributed by atoms with van der Waals surface area (Å²) in [5.74, 6) is 1.50. The summed E-state index contributed by atoms with van der Waals surface area (Å²) in [4.78, 5) is 4.00. The topological polar surface area (TPSA) is 51.0 Å². The third-order valence-corrected chi connectivity index (χ3v) is 3.31. The van der Waals surface area contributed by atoms with Crippen LogP contribution in [0.1, 0.15) is 35.8 Å². The Morgan fingerprint density at radius 3 is 2.94 bits per heavy atom. The summed E-state index contributed by atoms with van der Waals surface area (Å²) in [7, 11) is 0. The van der Waals surface area contributed by atoms with Gasteiger partial charge in [0.1, 0.15) is 0 Å². The van der Waals surface area contributed by atoms with Crippen LogP contribution in [0.5, 0.6) is 0 Å². The lowest BCUT2D eigenvalue weighted by Gasteiger charge is -2.09. The molecule has 2 aromatic rings. The Hall–Kier alpha value is -1.68. The molecule has 4 nitrogen and oxygen atoms in total. The first-order chi connectivity index (χ1) is 8.93. The molecule has 0 radical (unpaired) electrons. The fourth-order valence-electron chi connectivity index (χ4n) is 2.21. The summed E-state index contributed by atoms with van der Waals surface area (Å²) in [6.07, 6.45) is 4.92. The molecular weight excluding hydrogens is 226 g/mol. The first kappa shape index (κ1) is 11.4. The molecule has 0 bridgehead atoms. The molecule has 1 fully saturated rings. The predicted octanol–water partition coefficient (Wildman–Crippen LogP) is 2.28. The van der Waals surface area contributed by atoms with Crippen molar-refractivity contribution in [3.8, 4) is 0 Å². The SMILES string of the molecule is c1ccc(C2CC2)c(CNCCc2ncno2)c1. The lowest BCUT2D eigenvalue weighted by Crippen LogP contribution is -2.17. The number of rotatable bonds is 6. The van der Waals surface area contributed by atoms with Crippen molar-refractivity contribution in [2.75, 3.05) is 6.54 Å². The minimum Gasteiger partial charge on any atom is -0.340 e. The van der Waals surface area contributed by atoms with Crippen molar-refractivity contribution >= 4 is 0 Å². The van der Waals surface area contributed by atoms with E-state index in [-0.39, 0.29) is 0 Å². The molecule has 1 aromatic carbocycles. The van der Waals surface area contributed by atoms with Crippen LogP contribution in [0.2, 0.25) is 0 Å². The summed E-state index contributed by atoms with van der Waals surface area (Å²) in [6.45, 7) is 1.78. The van der Waals surface area contributed by atoms with Crippen LogP contribution in [-0.4, -0.2) is 16.7 Å². The van der Waals surface area contributed by atoms with E-state index in [1.807, 2.05) is 0 Å². The van der Waals surface area contributed by atoms with Crippen LogP contribution in [0.15, 0.2) is 35.1 Å². The van der Waals surface area contributed by atoms with Gasteiger partial charge in [-0.1, -0.05) is 29.4 Å². The maximum absolute atomic E-state index is 4.96. The Morgan fingerprint density at radius 1 is 1.28 bits per heavy atom. The number of hydrogen-bond acceptors (Lipinski definition) is 4. The van der Waals surface area contributed by atoms with Gasteiger partial charge in [0, 0.05) is 19.5 Å². The van der Waals surface area contributed by atoms with Crippen LogP contribution >= 0.6 is 0 Å². The molecule has 1 aliphatic rings. The summed E-state index contributed by atoms with van der Waals surface area (Å²) in [5.41, 5.74) is 2.94. The fourth-order valence-corrected chi connectivity index (χ4v) is 2.21. The van der Waals surface area contributed by atoms with Gasteiger partial charge in [-0.15, -0.1) is 0 Å². The van der Waals surface area contributed by atoms with E-state index in [1.165, 1.54) is 30.3 Å². The van der Waals surface area contributed by atoms with Crippen LogP contribution in [-0.2, 0) is 13.0 Å². The lowest BCUT2D eigenvalue weighted by atomic mass is 10.0. The highest BCUT2D eigenvalue weighted by atomic mass is 16.5. The average Bonchev–Trinajstić information content (AvgIpc) is 3.12. The van der Waals surface area contributed by atoms with Crippen molar-refractivity contribution < 1.29 is 4.52 Å². The molecule has 0 spiro atoms. The molecule has 0 unspecified atom stereocenters. The molecule has 1 heterocycles. The van der Waals surface area contributed by atoms with Crippen molar-refractivity contribution in [3.05, 3.63) is 47.6 Å². The van der Waals surface area contributed by atoms with Gasteiger partial charge >= 0.3 is 0 Å². The molecule has 1 N–H and O–H groups in total. The zero-order valence-corrected chi connectivity index (χ0v) is 10.3. The number of benzene rings is 1. The van der Waals surface area contributed by atoms with Gasteiger partial charge in [0.05, 0.1) is 0 Å². The highest BCUT2D eigenvalue weighted by molar-refractivity contribution is 5.33. The fraction of sp³-hybridized carbons (Fsp3) is 0.429. The van der Waals surface area contributed by atoms with E-state index >= 15 is 0 Å². The van der Waals surface area contributed by atoms with Crippen LogP contribution in [0.25, 0.3) is 0 Å². The zero-order chi connectivity index (χ0) is 12.2. The Morgan fingerprint density at radius 2 is 2.17 bits per heavy atom. The maximum atomic E-state index is 4.96. The van der Waals surface area contributed by atoms with Crippen LogP contribution < -0.4 is 5.32 Å². The van der Waals surface area contributed by atoms with E-state index in [0.29, 0.717) is 5.89 Å². The normalized spacial score (nSPS) is 14.9. The number of aromatic nitrogens is 2. The van der Waals surface area contributed by atoms with Crippen molar-refractivity contribution in [2.45, 2.75) is 31.7 Å². The van der Waals surface area contributed by atoms with Gasteiger partial charge in [-0.3, -0.25) is 0 Å². The van der Waals surface area contributed by atoms with E-state index in [0.717, 1.165) is 25.4 Å². The molecule has 3 rings (SSSR count). The standard InChI is InChI=1S/C14H17N3O/c1-2-4-13(11-5-6-11)12(3-1)9-15-8-7-14-16-10-17-18-14/h1-4,10-11,15H,5-9H2. The summed E-state index contributed by atoms with van der Waals surface area (Å²) in [6, 6.07) is 8.72. The van der Waals surface area contributed by atoms with E-state index in [2.05, 4.69) is 39.7 Å². The monoisotopic (exact) mass is 243 g/mol. The van der Waals surface area contributed by atoms with Crippen molar-refractivity contribution in [1.29, 1.82) is 0 Å². The minimum absolute atomic E-state index is 0.693. The quantitative estimate of drug-likeness (QED) is 0.791. The zero-order valence-electron chi connectivity index (χ0n) is 10.3. The molecule has 1 saturated carbocycles. The number of nitrogens with one attached hydrogen (secondary N) is 1. The predicted molar refractivity (Wildman–Crippen MR) is 68.1 cm³/mol. The van der Waals surface area contributed by atoms with Gasteiger partial charge < -0.3 is 9.84 Å². The molecule has 18 heavy (non-hydrogen) atoms. The van der Waals surface area contributed by atoms with Gasteiger partial charge in [-0.05, 0) is 29.9 Å². The maximum Gasteiger partial charge on any atom is 0.227 e. The second kappa shape index (κ2) is 5.31. The van der Waals surface area contributed by atoms with E-state index in [1.54, 1.807) is 0 Å². The summed E-state index contributed by atoms with van der Waals surface area (Å²) in [5, 5.41) is 7.03. The Bertz CT molecular complexity index is 492. The molecule has 1 aromatic heterocycles. The Kier molecular flexibility index (Phi) is 3.37. The molecule has 94 valence electrons. The third kappa shape index (κ3) is 2.76. The lowest BCUT2D eigenvalue weighted by molar-refractivity contribution is 0.375. The molecule has 0 aliphatic heterocycles. The van der Waals surface area contributed by atoms with E-state index < -0.39 is 0 Å². The van der Waals surface area contributed by atoms with Crippen molar-refractivity contribution in [2.24, 2.45) is 0 Å². The van der Waals surface area contributed by atoms with Crippen molar-refractivity contribution in [3.63, 3.8) is 0 Å². The van der Waals surface area contributed by atoms with Gasteiger partial charge in [-0.25, -0.2) is 0 Å². The average molecular weight is 243 g/mol. The second-order valence-electron chi connectivity index (χ2n) is 4.73. The highest BCUT2D eigenvalue weighted by Crippen LogP contribution is 2.41. The number of hydrogen-bond donors (Lipinski definition) is 1. The smallest absolute Gasteiger partial charge is 0.227 e. The molecule has 4 heteroatoms. The van der Waals surface area contributed by atoms with Gasteiger partial charge in [0.15, 0.2) is 6.33 Å². The Labute approximate surface area is 106 Å².